The highest BCUT2D eigenvalue weighted by molar-refractivity contribution is 9.10. The number of nitrogens with one attached hydrogen (secondary N) is 1. The van der Waals surface area contributed by atoms with Gasteiger partial charge in [-0.2, -0.15) is 0 Å². The fourth-order valence-corrected chi connectivity index (χ4v) is 3.12. The van der Waals surface area contributed by atoms with Crippen molar-refractivity contribution in [3.63, 3.8) is 0 Å². The molecule has 1 fully saturated rings. The molecule has 1 aliphatic heterocycles. The van der Waals surface area contributed by atoms with E-state index in [4.69, 9.17) is 11.6 Å². The minimum Gasteiger partial charge on any atom is -0.323 e. The number of carbonyl (C=O) groups is 2. The normalized spacial score (nSPS) is 17.0. The van der Waals surface area contributed by atoms with Gasteiger partial charge < -0.3 is 10.2 Å². The molecule has 0 aromatic heterocycles. The molecule has 1 heterocycles. The monoisotopic (exact) mass is 428 g/mol. The number of rotatable bonds is 3. The van der Waals surface area contributed by atoms with Gasteiger partial charge in [0.2, 0.25) is 11.8 Å². The lowest BCUT2D eigenvalue weighted by atomic mass is 10.1. The Morgan fingerprint density at radius 3 is 2.64 bits per heavy atom. The summed E-state index contributed by atoms with van der Waals surface area (Å²) in [6.45, 7) is 0.116. The van der Waals surface area contributed by atoms with Crippen molar-refractivity contribution in [3.05, 3.63) is 57.5 Å². The zero-order valence-electron chi connectivity index (χ0n) is 12.7. The minimum absolute atomic E-state index is 0.0149. The number of halogens is 4. The molecule has 8 heteroatoms. The average Bonchev–Trinajstić information content (AvgIpc) is 2.95. The first-order valence-corrected chi connectivity index (χ1v) is 8.53. The summed E-state index contributed by atoms with van der Waals surface area (Å²) in [5, 5.41) is 2.39. The summed E-state index contributed by atoms with van der Waals surface area (Å²) < 4.78 is 27.6. The van der Waals surface area contributed by atoms with Gasteiger partial charge >= 0.3 is 0 Å². The van der Waals surface area contributed by atoms with Crippen LogP contribution in [0.3, 0.4) is 0 Å². The highest BCUT2D eigenvalue weighted by Gasteiger charge is 2.35. The molecule has 1 unspecified atom stereocenters. The molecule has 130 valence electrons. The van der Waals surface area contributed by atoms with E-state index in [-0.39, 0.29) is 29.6 Å². The second-order valence-corrected chi connectivity index (χ2v) is 6.94. The molecule has 2 aromatic rings. The fraction of sp³-hybridized carbons (Fsp3) is 0.176. The van der Waals surface area contributed by atoms with Crippen molar-refractivity contribution in [2.75, 3.05) is 16.8 Å². The molecule has 0 aliphatic carbocycles. The van der Waals surface area contributed by atoms with Gasteiger partial charge in [0.1, 0.15) is 11.6 Å². The minimum atomic E-state index is -0.639. The van der Waals surface area contributed by atoms with E-state index in [1.165, 1.54) is 29.2 Å². The number of hydrogen-bond acceptors (Lipinski definition) is 2. The topological polar surface area (TPSA) is 49.4 Å². The molecule has 1 aliphatic rings. The van der Waals surface area contributed by atoms with Crippen LogP contribution in [0, 0.1) is 17.6 Å². The van der Waals surface area contributed by atoms with Gasteiger partial charge in [0.25, 0.3) is 0 Å². The highest BCUT2D eigenvalue weighted by atomic mass is 79.9. The second-order valence-electron chi connectivity index (χ2n) is 5.62. The van der Waals surface area contributed by atoms with Gasteiger partial charge in [-0.15, -0.1) is 0 Å². The van der Waals surface area contributed by atoms with Crippen LogP contribution in [0.15, 0.2) is 40.9 Å². The third-order valence-corrected chi connectivity index (χ3v) is 4.68. The molecule has 0 radical (unpaired) electrons. The standard InChI is InChI=1S/C17H12BrClF2N2O2/c18-10-1-4-15(14(21)6-10)22-17(25)9-5-16(24)23(8-9)11-2-3-13(20)12(19)7-11/h1-4,6-7,9H,5,8H2,(H,22,25). The maximum atomic E-state index is 13.8. The third kappa shape index (κ3) is 3.82. The Morgan fingerprint density at radius 2 is 1.96 bits per heavy atom. The number of nitrogens with zero attached hydrogens (tertiary/aromatic N) is 1. The average molecular weight is 430 g/mol. The Labute approximate surface area is 155 Å². The molecule has 0 spiro atoms. The van der Waals surface area contributed by atoms with Gasteiger partial charge in [-0.05, 0) is 36.4 Å². The molecule has 1 atom stereocenters. The first kappa shape index (κ1) is 17.8. The number of amides is 2. The van der Waals surface area contributed by atoms with Crippen LogP contribution in [0.25, 0.3) is 0 Å². The lowest BCUT2D eigenvalue weighted by Crippen LogP contribution is -2.28. The second kappa shape index (κ2) is 7.09. The predicted molar refractivity (Wildman–Crippen MR) is 94.6 cm³/mol. The Hall–Kier alpha value is -1.99. The van der Waals surface area contributed by atoms with Gasteiger partial charge in [-0.25, -0.2) is 8.78 Å². The van der Waals surface area contributed by atoms with Crippen LogP contribution in [0.4, 0.5) is 20.2 Å². The van der Waals surface area contributed by atoms with E-state index in [9.17, 15) is 18.4 Å². The van der Waals surface area contributed by atoms with E-state index in [2.05, 4.69) is 21.2 Å². The highest BCUT2D eigenvalue weighted by Crippen LogP contribution is 2.29. The lowest BCUT2D eigenvalue weighted by Gasteiger charge is -2.17. The van der Waals surface area contributed by atoms with E-state index in [0.717, 1.165) is 6.07 Å². The van der Waals surface area contributed by atoms with E-state index in [1.807, 2.05) is 0 Å². The first-order chi connectivity index (χ1) is 11.8. The molecule has 2 aromatic carbocycles. The van der Waals surface area contributed by atoms with Gasteiger partial charge in [0.05, 0.1) is 16.6 Å². The van der Waals surface area contributed by atoms with Crippen LogP contribution >= 0.6 is 27.5 Å². The molecule has 1 N–H and O–H groups in total. The molecule has 0 bridgehead atoms. The van der Waals surface area contributed by atoms with Crippen LogP contribution in [-0.4, -0.2) is 18.4 Å². The summed E-state index contributed by atoms with van der Waals surface area (Å²) in [5.41, 5.74) is 0.463. The van der Waals surface area contributed by atoms with Crippen LogP contribution < -0.4 is 10.2 Å². The van der Waals surface area contributed by atoms with Crippen molar-refractivity contribution >= 4 is 50.7 Å². The third-order valence-electron chi connectivity index (χ3n) is 3.90. The number of anilines is 2. The van der Waals surface area contributed by atoms with Crippen molar-refractivity contribution in [2.45, 2.75) is 6.42 Å². The van der Waals surface area contributed by atoms with Crippen LogP contribution in [0.5, 0.6) is 0 Å². The fourth-order valence-electron chi connectivity index (χ4n) is 2.61. The molecule has 4 nitrogen and oxygen atoms in total. The zero-order chi connectivity index (χ0) is 18.1. The van der Waals surface area contributed by atoms with E-state index < -0.39 is 23.5 Å². The van der Waals surface area contributed by atoms with Crippen LogP contribution in [-0.2, 0) is 9.59 Å². The van der Waals surface area contributed by atoms with E-state index >= 15 is 0 Å². The van der Waals surface area contributed by atoms with Crippen molar-refractivity contribution < 1.29 is 18.4 Å². The SMILES string of the molecule is O=C(Nc1ccc(Br)cc1F)C1CC(=O)N(c2ccc(F)c(Cl)c2)C1. The van der Waals surface area contributed by atoms with Gasteiger partial charge in [0, 0.05) is 23.1 Å². The number of carbonyl (C=O) groups excluding carboxylic acids is 2. The van der Waals surface area contributed by atoms with Crippen LogP contribution in [0.1, 0.15) is 6.42 Å². The number of benzene rings is 2. The molecular formula is C17H12BrClF2N2O2. The van der Waals surface area contributed by atoms with Crippen molar-refractivity contribution in [3.8, 4) is 0 Å². The number of hydrogen-bond donors (Lipinski definition) is 1. The van der Waals surface area contributed by atoms with Gasteiger partial charge in [0.15, 0.2) is 0 Å². The predicted octanol–water partition coefficient (Wildman–Crippen LogP) is 4.37. The molecule has 3 rings (SSSR count). The smallest absolute Gasteiger partial charge is 0.229 e. The zero-order valence-corrected chi connectivity index (χ0v) is 15.1. The Balaban J connectivity index is 1.73. The summed E-state index contributed by atoms with van der Waals surface area (Å²) in [6.07, 6.45) is -0.0149. The first-order valence-electron chi connectivity index (χ1n) is 7.36. The molecule has 1 saturated heterocycles. The van der Waals surface area contributed by atoms with Crippen molar-refractivity contribution in [2.24, 2.45) is 5.92 Å². The molecule has 25 heavy (non-hydrogen) atoms. The maximum Gasteiger partial charge on any atom is 0.229 e. The maximum absolute atomic E-state index is 13.8. The summed E-state index contributed by atoms with van der Waals surface area (Å²) in [7, 11) is 0. The molecular weight excluding hydrogens is 418 g/mol. The van der Waals surface area contributed by atoms with Gasteiger partial charge in [-0.1, -0.05) is 27.5 Å². The van der Waals surface area contributed by atoms with Crippen molar-refractivity contribution in [1.29, 1.82) is 0 Å². The molecule has 0 saturated carbocycles. The van der Waals surface area contributed by atoms with Crippen molar-refractivity contribution in [1.82, 2.24) is 0 Å². The summed E-state index contributed by atoms with van der Waals surface area (Å²) in [4.78, 5) is 25.9. The largest absolute Gasteiger partial charge is 0.323 e. The van der Waals surface area contributed by atoms with Gasteiger partial charge in [-0.3, -0.25) is 9.59 Å². The summed E-state index contributed by atoms with van der Waals surface area (Å²) in [6, 6.07) is 8.20. The summed E-state index contributed by atoms with van der Waals surface area (Å²) >= 11 is 8.88. The quantitative estimate of drug-likeness (QED) is 0.787. The Kier molecular flexibility index (Phi) is 5.06. The molecule has 2 amide bonds. The van der Waals surface area contributed by atoms with E-state index in [1.54, 1.807) is 6.07 Å². The lowest BCUT2D eigenvalue weighted by molar-refractivity contribution is -0.122. The Bertz CT molecular complexity index is 863. The summed E-state index contributed by atoms with van der Waals surface area (Å²) in [5.74, 6) is -2.53. The van der Waals surface area contributed by atoms with E-state index in [0.29, 0.717) is 10.2 Å². The van der Waals surface area contributed by atoms with Crippen LogP contribution in [0.2, 0.25) is 5.02 Å². The Morgan fingerprint density at radius 1 is 1.20 bits per heavy atom.